The van der Waals surface area contributed by atoms with Crippen molar-refractivity contribution in [3.63, 3.8) is 0 Å². The molecule has 0 unspecified atom stereocenters. The SMILES string of the molecule is CC(C)N1CCN(Cc2cccc(-c3cncc(-c4cc(N)nc(-c5ccccn5)c4)c3)c2)CC1. The molecule has 1 aliphatic rings. The molecule has 1 saturated heterocycles. The third kappa shape index (κ3) is 5.56. The summed E-state index contributed by atoms with van der Waals surface area (Å²) in [6, 6.07) is 21.3. The first kappa shape index (κ1) is 23.1. The van der Waals surface area contributed by atoms with Crippen LogP contribution in [-0.2, 0) is 6.54 Å². The Labute approximate surface area is 207 Å². The largest absolute Gasteiger partial charge is 0.384 e. The maximum Gasteiger partial charge on any atom is 0.124 e. The summed E-state index contributed by atoms with van der Waals surface area (Å²) in [5.74, 6) is 0.466. The topological polar surface area (TPSA) is 71.2 Å². The van der Waals surface area contributed by atoms with Gasteiger partial charge < -0.3 is 5.73 Å². The minimum absolute atomic E-state index is 0.466. The van der Waals surface area contributed by atoms with Crippen LogP contribution in [0.5, 0.6) is 0 Å². The number of piperazine rings is 1. The van der Waals surface area contributed by atoms with Crippen molar-refractivity contribution in [2.24, 2.45) is 0 Å². The molecule has 0 spiro atoms. The second-order valence-corrected chi connectivity index (χ2v) is 9.45. The summed E-state index contributed by atoms with van der Waals surface area (Å²) in [6.07, 6.45) is 5.56. The molecule has 0 aliphatic carbocycles. The number of anilines is 1. The Hall–Kier alpha value is -3.61. The number of pyridine rings is 3. The minimum Gasteiger partial charge on any atom is -0.384 e. The molecule has 1 fully saturated rings. The van der Waals surface area contributed by atoms with Gasteiger partial charge in [0.1, 0.15) is 5.82 Å². The first-order valence-corrected chi connectivity index (χ1v) is 12.3. The van der Waals surface area contributed by atoms with Crippen LogP contribution in [0.1, 0.15) is 19.4 Å². The number of benzene rings is 1. The van der Waals surface area contributed by atoms with Crippen LogP contribution in [0.15, 0.2) is 79.3 Å². The van der Waals surface area contributed by atoms with E-state index in [1.165, 1.54) is 11.1 Å². The normalized spacial score (nSPS) is 14.9. The highest BCUT2D eigenvalue weighted by Gasteiger charge is 2.19. The van der Waals surface area contributed by atoms with E-state index >= 15 is 0 Å². The lowest BCUT2D eigenvalue weighted by Crippen LogP contribution is -2.48. The molecule has 5 rings (SSSR count). The van der Waals surface area contributed by atoms with Gasteiger partial charge in [0.05, 0.1) is 11.4 Å². The summed E-state index contributed by atoms with van der Waals surface area (Å²) in [4.78, 5) is 18.5. The smallest absolute Gasteiger partial charge is 0.124 e. The summed E-state index contributed by atoms with van der Waals surface area (Å²) in [5.41, 5.74) is 13.3. The van der Waals surface area contributed by atoms with Crippen LogP contribution in [0, 0.1) is 0 Å². The van der Waals surface area contributed by atoms with E-state index in [0.717, 1.165) is 60.8 Å². The molecule has 2 N–H and O–H groups in total. The zero-order valence-corrected chi connectivity index (χ0v) is 20.4. The number of nitrogens with two attached hydrogens (primary N) is 1. The summed E-state index contributed by atoms with van der Waals surface area (Å²) < 4.78 is 0. The Morgan fingerprint density at radius 1 is 0.800 bits per heavy atom. The van der Waals surface area contributed by atoms with Gasteiger partial charge in [-0.2, -0.15) is 0 Å². The molecule has 35 heavy (non-hydrogen) atoms. The molecule has 1 aromatic carbocycles. The van der Waals surface area contributed by atoms with Gasteiger partial charge in [0, 0.05) is 68.5 Å². The monoisotopic (exact) mass is 464 g/mol. The van der Waals surface area contributed by atoms with Gasteiger partial charge in [-0.15, -0.1) is 0 Å². The number of hydrogen-bond acceptors (Lipinski definition) is 6. The molecule has 6 nitrogen and oxygen atoms in total. The first-order valence-electron chi connectivity index (χ1n) is 12.3. The number of aromatic nitrogens is 3. The Bertz CT molecular complexity index is 1280. The average Bonchev–Trinajstić information content (AvgIpc) is 2.89. The quantitative estimate of drug-likeness (QED) is 0.434. The van der Waals surface area contributed by atoms with Crippen LogP contribution in [-0.4, -0.2) is 57.0 Å². The molecule has 178 valence electrons. The fourth-order valence-electron chi connectivity index (χ4n) is 4.67. The molecular formula is C29H32N6. The fourth-order valence-corrected chi connectivity index (χ4v) is 4.67. The standard InChI is InChI=1S/C29H32N6/c1-21(2)35-12-10-34(11-13-35)20-22-6-5-7-23(14-22)25-15-26(19-31-18-25)24-16-28(33-29(30)17-24)27-8-3-4-9-32-27/h3-9,14-19,21H,10-13,20H2,1-2H3,(H2,30,33). The van der Waals surface area contributed by atoms with Crippen molar-refractivity contribution in [3.8, 4) is 33.6 Å². The van der Waals surface area contributed by atoms with Crippen LogP contribution in [0.2, 0.25) is 0 Å². The van der Waals surface area contributed by atoms with E-state index in [-0.39, 0.29) is 0 Å². The Morgan fingerprint density at radius 3 is 2.34 bits per heavy atom. The lowest BCUT2D eigenvalue weighted by atomic mass is 10.00. The van der Waals surface area contributed by atoms with Crippen molar-refractivity contribution in [1.29, 1.82) is 0 Å². The van der Waals surface area contributed by atoms with E-state index in [4.69, 9.17) is 5.73 Å². The van der Waals surface area contributed by atoms with E-state index in [1.807, 2.05) is 42.7 Å². The van der Waals surface area contributed by atoms with E-state index in [1.54, 1.807) is 6.20 Å². The van der Waals surface area contributed by atoms with Crippen LogP contribution in [0.4, 0.5) is 5.82 Å². The number of nitrogens with zero attached hydrogens (tertiary/aromatic N) is 5. The van der Waals surface area contributed by atoms with E-state index in [0.29, 0.717) is 11.9 Å². The predicted octanol–water partition coefficient (Wildman–Crippen LogP) is 4.98. The molecule has 0 bridgehead atoms. The van der Waals surface area contributed by atoms with E-state index in [9.17, 15) is 0 Å². The number of nitrogen functional groups attached to an aromatic ring is 1. The maximum absolute atomic E-state index is 6.15. The Morgan fingerprint density at radius 2 is 1.60 bits per heavy atom. The Kier molecular flexibility index (Phi) is 6.84. The zero-order chi connectivity index (χ0) is 24.2. The van der Waals surface area contributed by atoms with Gasteiger partial charge in [0.15, 0.2) is 0 Å². The molecule has 6 heteroatoms. The highest BCUT2D eigenvalue weighted by Crippen LogP contribution is 2.29. The van der Waals surface area contributed by atoms with Gasteiger partial charge in [-0.1, -0.05) is 24.3 Å². The predicted molar refractivity (Wildman–Crippen MR) is 143 cm³/mol. The molecule has 0 saturated carbocycles. The van der Waals surface area contributed by atoms with Gasteiger partial charge >= 0.3 is 0 Å². The van der Waals surface area contributed by atoms with E-state index < -0.39 is 0 Å². The molecule has 0 radical (unpaired) electrons. The lowest BCUT2D eigenvalue weighted by molar-refractivity contribution is 0.104. The lowest BCUT2D eigenvalue weighted by Gasteiger charge is -2.37. The van der Waals surface area contributed by atoms with Crippen molar-refractivity contribution in [2.45, 2.75) is 26.4 Å². The van der Waals surface area contributed by atoms with E-state index in [2.05, 4.69) is 68.9 Å². The molecule has 4 heterocycles. The van der Waals surface area contributed by atoms with Crippen LogP contribution < -0.4 is 5.73 Å². The van der Waals surface area contributed by atoms with Crippen molar-refractivity contribution in [2.75, 3.05) is 31.9 Å². The minimum atomic E-state index is 0.466. The molecular weight excluding hydrogens is 432 g/mol. The second-order valence-electron chi connectivity index (χ2n) is 9.45. The summed E-state index contributed by atoms with van der Waals surface area (Å²) in [6.45, 7) is 10.0. The van der Waals surface area contributed by atoms with Gasteiger partial charge in [0.2, 0.25) is 0 Å². The van der Waals surface area contributed by atoms with Gasteiger partial charge in [-0.3, -0.25) is 19.8 Å². The fraction of sp³-hybridized carbons (Fsp3) is 0.276. The summed E-state index contributed by atoms with van der Waals surface area (Å²) >= 11 is 0. The van der Waals surface area contributed by atoms with Crippen molar-refractivity contribution in [3.05, 3.63) is 84.8 Å². The van der Waals surface area contributed by atoms with Crippen molar-refractivity contribution >= 4 is 5.82 Å². The third-order valence-electron chi connectivity index (χ3n) is 6.65. The molecule has 0 atom stereocenters. The number of rotatable bonds is 6. The summed E-state index contributed by atoms with van der Waals surface area (Å²) in [7, 11) is 0. The van der Waals surface area contributed by atoms with Gasteiger partial charge in [-0.05, 0) is 66.9 Å². The number of hydrogen-bond donors (Lipinski definition) is 1. The average molecular weight is 465 g/mol. The van der Waals surface area contributed by atoms with Gasteiger partial charge in [-0.25, -0.2) is 4.98 Å². The molecule has 3 aromatic heterocycles. The second kappa shape index (κ2) is 10.3. The Balaban J connectivity index is 1.37. The molecule has 0 amide bonds. The van der Waals surface area contributed by atoms with Crippen LogP contribution >= 0.6 is 0 Å². The first-order chi connectivity index (χ1) is 17.0. The maximum atomic E-state index is 6.15. The molecule has 4 aromatic rings. The highest BCUT2D eigenvalue weighted by atomic mass is 15.3. The van der Waals surface area contributed by atoms with Crippen LogP contribution in [0.3, 0.4) is 0 Å². The zero-order valence-electron chi connectivity index (χ0n) is 20.4. The molecule has 1 aliphatic heterocycles. The highest BCUT2D eigenvalue weighted by molar-refractivity contribution is 5.76. The van der Waals surface area contributed by atoms with Crippen LogP contribution in [0.25, 0.3) is 33.6 Å². The van der Waals surface area contributed by atoms with Crippen molar-refractivity contribution < 1.29 is 0 Å². The third-order valence-corrected chi connectivity index (χ3v) is 6.65. The van der Waals surface area contributed by atoms with Gasteiger partial charge in [0.25, 0.3) is 0 Å². The summed E-state index contributed by atoms with van der Waals surface area (Å²) in [5, 5.41) is 0. The van der Waals surface area contributed by atoms with Crippen molar-refractivity contribution in [1.82, 2.24) is 24.8 Å².